The van der Waals surface area contributed by atoms with Crippen LogP contribution in [0.4, 0.5) is 0 Å². The van der Waals surface area contributed by atoms with Crippen LogP contribution in [-0.4, -0.2) is 40.1 Å². The summed E-state index contributed by atoms with van der Waals surface area (Å²) in [6.45, 7) is 4.02. The summed E-state index contributed by atoms with van der Waals surface area (Å²) in [6, 6.07) is 10.1. The summed E-state index contributed by atoms with van der Waals surface area (Å²) in [5.74, 6) is 1.59. The number of pyridine rings is 1. The highest BCUT2D eigenvalue weighted by molar-refractivity contribution is 5.78. The second kappa shape index (κ2) is 6.86. The predicted molar refractivity (Wildman–Crippen MR) is 105 cm³/mol. The van der Waals surface area contributed by atoms with Gasteiger partial charge in [-0.3, -0.25) is 4.79 Å². The first-order valence-electron chi connectivity index (χ1n) is 9.80. The fraction of sp³-hybridized carbons (Fsp3) is 0.364. The van der Waals surface area contributed by atoms with E-state index in [0.717, 1.165) is 59.9 Å². The molecule has 1 saturated heterocycles. The van der Waals surface area contributed by atoms with Crippen molar-refractivity contribution in [3.8, 4) is 11.5 Å². The third-order valence-electron chi connectivity index (χ3n) is 5.69. The van der Waals surface area contributed by atoms with E-state index in [0.29, 0.717) is 6.42 Å². The molecule has 0 aliphatic carbocycles. The second-order valence-electron chi connectivity index (χ2n) is 7.57. The van der Waals surface area contributed by atoms with Gasteiger partial charge >= 0.3 is 0 Å². The highest BCUT2D eigenvalue weighted by atomic mass is 16.7. The lowest BCUT2D eigenvalue weighted by Gasteiger charge is -2.21. The summed E-state index contributed by atoms with van der Waals surface area (Å²) in [6.07, 6.45) is 6.53. The Hall–Kier alpha value is -3.02. The number of carbonyl (C=O) groups is 1. The molecule has 5 rings (SSSR count). The Labute approximate surface area is 163 Å². The number of imidazole rings is 1. The molecule has 3 aromatic rings. The number of aromatic nitrogens is 2. The molecule has 2 aliphatic rings. The average Bonchev–Trinajstić information content (AvgIpc) is 3.45. The van der Waals surface area contributed by atoms with Crippen LogP contribution in [0.25, 0.3) is 5.65 Å². The first-order chi connectivity index (χ1) is 13.7. The quantitative estimate of drug-likeness (QED) is 0.698. The summed E-state index contributed by atoms with van der Waals surface area (Å²) < 4.78 is 13.1. The molecule has 0 radical (unpaired) electrons. The number of nitrogens with zero attached hydrogens (tertiary/aromatic N) is 3. The second-order valence-corrected chi connectivity index (χ2v) is 7.57. The van der Waals surface area contributed by atoms with Gasteiger partial charge in [-0.15, -0.1) is 0 Å². The SMILES string of the molecule is Cc1ccn2c(C(CC(=O)N3CCCC3)c3ccc4c(c3)OCO4)cnc2c1. The van der Waals surface area contributed by atoms with Crippen molar-refractivity contribution in [1.29, 1.82) is 0 Å². The molecule has 28 heavy (non-hydrogen) atoms. The van der Waals surface area contributed by atoms with Crippen LogP contribution in [0.1, 0.15) is 42.0 Å². The zero-order chi connectivity index (χ0) is 19.1. The van der Waals surface area contributed by atoms with Crippen LogP contribution < -0.4 is 9.47 Å². The van der Waals surface area contributed by atoms with E-state index in [1.54, 1.807) is 0 Å². The normalized spacial score (nSPS) is 16.7. The third-order valence-corrected chi connectivity index (χ3v) is 5.69. The van der Waals surface area contributed by atoms with Gasteiger partial charge in [0.1, 0.15) is 5.65 Å². The van der Waals surface area contributed by atoms with Gasteiger partial charge in [-0.05, 0) is 55.2 Å². The van der Waals surface area contributed by atoms with E-state index in [-0.39, 0.29) is 18.6 Å². The lowest BCUT2D eigenvalue weighted by molar-refractivity contribution is -0.130. The summed E-state index contributed by atoms with van der Waals surface area (Å²) in [5.41, 5.74) is 4.12. The molecule has 2 aliphatic heterocycles. The van der Waals surface area contributed by atoms with Gasteiger partial charge in [0.15, 0.2) is 11.5 Å². The number of hydrogen-bond acceptors (Lipinski definition) is 4. The van der Waals surface area contributed by atoms with Gasteiger partial charge in [0.25, 0.3) is 0 Å². The number of likely N-dealkylation sites (tertiary alicyclic amines) is 1. The predicted octanol–water partition coefficient (Wildman–Crippen LogP) is 3.52. The topological polar surface area (TPSA) is 56.1 Å². The van der Waals surface area contributed by atoms with Crippen molar-refractivity contribution in [2.45, 2.75) is 32.1 Å². The maximum Gasteiger partial charge on any atom is 0.231 e. The number of amides is 1. The van der Waals surface area contributed by atoms with Gasteiger partial charge in [-0.25, -0.2) is 4.98 Å². The molecule has 1 amide bonds. The van der Waals surface area contributed by atoms with E-state index < -0.39 is 0 Å². The van der Waals surface area contributed by atoms with Crippen LogP contribution in [0, 0.1) is 6.92 Å². The molecule has 4 heterocycles. The van der Waals surface area contributed by atoms with Crippen molar-refractivity contribution < 1.29 is 14.3 Å². The lowest BCUT2D eigenvalue weighted by atomic mass is 9.91. The van der Waals surface area contributed by atoms with Crippen LogP contribution in [0.3, 0.4) is 0 Å². The smallest absolute Gasteiger partial charge is 0.231 e. The van der Waals surface area contributed by atoms with Crippen LogP contribution in [-0.2, 0) is 4.79 Å². The fourth-order valence-electron chi connectivity index (χ4n) is 4.15. The van der Waals surface area contributed by atoms with Crippen LogP contribution in [0.5, 0.6) is 11.5 Å². The first kappa shape index (κ1) is 17.1. The maximum absolute atomic E-state index is 13.0. The molecule has 0 spiro atoms. The van der Waals surface area contributed by atoms with Crippen LogP contribution in [0.15, 0.2) is 42.7 Å². The van der Waals surface area contributed by atoms with Gasteiger partial charge in [0, 0.05) is 37.8 Å². The zero-order valence-corrected chi connectivity index (χ0v) is 15.9. The summed E-state index contributed by atoms with van der Waals surface area (Å²) in [7, 11) is 0. The van der Waals surface area contributed by atoms with E-state index in [1.165, 1.54) is 0 Å². The zero-order valence-electron chi connectivity index (χ0n) is 15.9. The van der Waals surface area contributed by atoms with Gasteiger partial charge in [-0.2, -0.15) is 0 Å². The molecule has 1 atom stereocenters. The van der Waals surface area contributed by atoms with E-state index in [1.807, 2.05) is 35.5 Å². The van der Waals surface area contributed by atoms with Gasteiger partial charge < -0.3 is 18.8 Å². The monoisotopic (exact) mass is 377 g/mol. The Morgan fingerprint density at radius 1 is 1.14 bits per heavy atom. The number of carbonyl (C=O) groups excluding carboxylic acids is 1. The molecule has 6 nitrogen and oxygen atoms in total. The Morgan fingerprint density at radius 2 is 1.96 bits per heavy atom. The van der Waals surface area contributed by atoms with Gasteiger partial charge in [0.2, 0.25) is 12.7 Å². The number of ether oxygens (including phenoxy) is 2. The molecule has 1 unspecified atom stereocenters. The van der Waals surface area contributed by atoms with E-state index in [4.69, 9.17) is 9.47 Å². The number of benzene rings is 1. The number of hydrogen-bond donors (Lipinski definition) is 0. The average molecular weight is 377 g/mol. The minimum atomic E-state index is -0.0969. The summed E-state index contributed by atoms with van der Waals surface area (Å²) in [4.78, 5) is 19.6. The number of rotatable bonds is 4. The molecule has 1 fully saturated rings. The largest absolute Gasteiger partial charge is 0.454 e. The van der Waals surface area contributed by atoms with Crippen molar-refractivity contribution in [3.63, 3.8) is 0 Å². The molecular formula is C22H23N3O3. The molecule has 6 heteroatoms. The summed E-state index contributed by atoms with van der Waals surface area (Å²) in [5, 5.41) is 0. The van der Waals surface area contributed by atoms with Crippen molar-refractivity contribution in [2.24, 2.45) is 0 Å². The Morgan fingerprint density at radius 3 is 2.82 bits per heavy atom. The molecule has 0 saturated carbocycles. The van der Waals surface area contributed by atoms with Gasteiger partial charge in [0.05, 0.1) is 5.69 Å². The minimum Gasteiger partial charge on any atom is -0.454 e. The highest BCUT2D eigenvalue weighted by Crippen LogP contribution is 2.38. The molecule has 0 bridgehead atoms. The molecule has 144 valence electrons. The molecule has 1 aromatic carbocycles. The Bertz CT molecular complexity index is 1040. The van der Waals surface area contributed by atoms with Crippen molar-refractivity contribution in [3.05, 3.63) is 59.5 Å². The molecular weight excluding hydrogens is 354 g/mol. The van der Waals surface area contributed by atoms with E-state index in [9.17, 15) is 4.79 Å². The van der Waals surface area contributed by atoms with Crippen LogP contribution >= 0.6 is 0 Å². The lowest BCUT2D eigenvalue weighted by Crippen LogP contribution is -2.29. The van der Waals surface area contributed by atoms with Crippen molar-refractivity contribution >= 4 is 11.6 Å². The fourth-order valence-corrected chi connectivity index (χ4v) is 4.15. The maximum atomic E-state index is 13.0. The minimum absolute atomic E-state index is 0.0969. The van der Waals surface area contributed by atoms with E-state index in [2.05, 4.69) is 28.4 Å². The number of fused-ring (bicyclic) bond motifs is 2. The van der Waals surface area contributed by atoms with Crippen molar-refractivity contribution in [2.75, 3.05) is 19.9 Å². The van der Waals surface area contributed by atoms with Crippen LogP contribution in [0.2, 0.25) is 0 Å². The molecule has 2 aromatic heterocycles. The standard InChI is InChI=1S/C22H23N3O3/c1-15-6-9-25-18(13-23-21(25)10-15)17(12-22(26)24-7-2-3-8-24)16-4-5-19-20(11-16)28-14-27-19/h4-6,9-11,13,17H,2-3,7-8,12,14H2,1H3. The third kappa shape index (κ3) is 2.99. The molecule has 0 N–H and O–H groups in total. The summed E-state index contributed by atoms with van der Waals surface area (Å²) >= 11 is 0. The Balaban J connectivity index is 1.56. The highest BCUT2D eigenvalue weighted by Gasteiger charge is 2.27. The first-order valence-corrected chi connectivity index (χ1v) is 9.80. The number of aryl methyl sites for hydroxylation is 1. The Kier molecular flexibility index (Phi) is 4.19. The van der Waals surface area contributed by atoms with Gasteiger partial charge in [-0.1, -0.05) is 6.07 Å². The van der Waals surface area contributed by atoms with Crippen molar-refractivity contribution in [1.82, 2.24) is 14.3 Å². The van der Waals surface area contributed by atoms with E-state index >= 15 is 0 Å².